The molecule has 2 fully saturated rings. The smallest absolute Gasteiger partial charge is 0.337 e. The fourth-order valence-corrected chi connectivity index (χ4v) is 5.54. The number of carbonyl (C=O) groups is 2. The number of rotatable bonds is 5. The molecular formula is C30H42N2O4. The Balaban J connectivity index is 0.000000202. The Morgan fingerprint density at radius 1 is 0.722 bits per heavy atom. The molecule has 0 aliphatic heterocycles. The van der Waals surface area contributed by atoms with Gasteiger partial charge in [0.25, 0.3) is 0 Å². The van der Waals surface area contributed by atoms with Crippen molar-refractivity contribution in [2.75, 3.05) is 38.9 Å². The van der Waals surface area contributed by atoms with Crippen LogP contribution in [0.1, 0.15) is 108 Å². The molecule has 2 saturated carbocycles. The Morgan fingerprint density at radius 3 is 1.61 bits per heavy atom. The molecule has 0 spiro atoms. The Hall–Kier alpha value is -3.02. The van der Waals surface area contributed by atoms with Crippen LogP contribution in [-0.4, -0.2) is 40.3 Å². The zero-order valence-corrected chi connectivity index (χ0v) is 22.3. The summed E-state index contributed by atoms with van der Waals surface area (Å²) in [4.78, 5) is 25.1. The van der Waals surface area contributed by atoms with E-state index in [0.29, 0.717) is 23.0 Å². The summed E-state index contributed by atoms with van der Waals surface area (Å²) in [6.07, 6.45) is 12.8. The number of ether oxygens (including phenoxy) is 2. The van der Waals surface area contributed by atoms with Gasteiger partial charge in [-0.1, -0.05) is 50.7 Å². The van der Waals surface area contributed by atoms with Crippen molar-refractivity contribution in [2.24, 2.45) is 0 Å². The number of methoxy groups -OCH3 is 2. The lowest BCUT2D eigenvalue weighted by molar-refractivity contribution is 0.0592. The third-order valence-corrected chi connectivity index (χ3v) is 7.53. The highest BCUT2D eigenvalue weighted by molar-refractivity contribution is 5.91. The molecule has 0 bridgehead atoms. The van der Waals surface area contributed by atoms with E-state index < -0.39 is 0 Å². The largest absolute Gasteiger partial charge is 0.465 e. The number of carbonyl (C=O) groups excluding carboxylic acids is 2. The first-order valence-corrected chi connectivity index (χ1v) is 13.2. The molecule has 4 rings (SSSR count). The van der Waals surface area contributed by atoms with Crippen LogP contribution in [0.25, 0.3) is 0 Å². The molecule has 0 atom stereocenters. The zero-order valence-electron chi connectivity index (χ0n) is 22.3. The lowest BCUT2D eigenvalue weighted by Crippen LogP contribution is -2.16. The Bertz CT molecular complexity index is 1020. The van der Waals surface area contributed by atoms with E-state index in [0.717, 1.165) is 11.4 Å². The van der Waals surface area contributed by atoms with Gasteiger partial charge in [-0.25, -0.2) is 9.59 Å². The zero-order chi connectivity index (χ0) is 26.1. The number of hydrogen-bond donors (Lipinski definition) is 1. The summed E-state index contributed by atoms with van der Waals surface area (Å²) in [6.45, 7) is 0. The summed E-state index contributed by atoms with van der Waals surface area (Å²) >= 11 is 0. The summed E-state index contributed by atoms with van der Waals surface area (Å²) in [7, 11) is 6.87. The van der Waals surface area contributed by atoms with Crippen LogP contribution in [0, 0.1) is 0 Å². The number of nitrogen functional groups attached to an aromatic ring is 1. The van der Waals surface area contributed by atoms with Gasteiger partial charge in [0.2, 0.25) is 0 Å². The van der Waals surface area contributed by atoms with E-state index >= 15 is 0 Å². The van der Waals surface area contributed by atoms with E-state index in [1.807, 2.05) is 38.4 Å². The van der Waals surface area contributed by atoms with Crippen molar-refractivity contribution in [3.8, 4) is 0 Å². The average Bonchev–Trinajstić information content (AvgIpc) is 2.93. The summed E-state index contributed by atoms with van der Waals surface area (Å²) in [5.74, 6) is 0.610. The number of benzene rings is 2. The van der Waals surface area contributed by atoms with Gasteiger partial charge in [-0.15, -0.1) is 0 Å². The van der Waals surface area contributed by atoms with Crippen molar-refractivity contribution in [2.45, 2.75) is 76.0 Å². The van der Waals surface area contributed by atoms with Crippen molar-refractivity contribution in [1.29, 1.82) is 0 Å². The van der Waals surface area contributed by atoms with Crippen molar-refractivity contribution in [3.63, 3.8) is 0 Å². The first-order valence-electron chi connectivity index (χ1n) is 13.2. The van der Waals surface area contributed by atoms with Gasteiger partial charge in [0.1, 0.15) is 0 Å². The van der Waals surface area contributed by atoms with Crippen LogP contribution in [0.2, 0.25) is 0 Å². The van der Waals surface area contributed by atoms with E-state index in [9.17, 15) is 9.59 Å². The fraction of sp³-hybridized carbons (Fsp3) is 0.533. The standard InChI is InChI=1S/C16H23NO2.C14H19NO2/c1-17(2)15-11-13(16(18)19-3)9-10-14(15)12-7-5-4-6-8-12;1-17-14(16)11-7-8-12(13(15)9-11)10-5-3-2-4-6-10/h9-12H,4-8H2,1-3H3;7-10H,2-6,15H2,1H3. The molecule has 2 aromatic carbocycles. The van der Waals surface area contributed by atoms with Gasteiger partial charge in [0.15, 0.2) is 0 Å². The average molecular weight is 495 g/mol. The highest BCUT2D eigenvalue weighted by Crippen LogP contribution is 2.38. The predicted molar refractivity (Wildman–Crippen MR) is 146 cm³/mol. The molecule has 6 heteroatoms. The monoisotopic (exact) mass is 494 g/mol. The van der Waals surface area contributed by atoms with Crippen LogP contribution < -0.4 is 10.6 Å². The highest BCUT2D eigenvalue weighted by Gasteiger charge is 2.21. The summed E-state index contributed by atoms with van der Waals surface area (Å²) < 4.78 is 9.48. The summed E-state index contributed by atoms with van der Waals surface area (Å²) in [5, 5.41) is 0. The lowest BCUT2D eigenvalue weighted by Gasteiger charge is -2.27. The molecule has 6 nitrogen and oxygen atoms in total. The van der Waals surface area contributed by atoms with E-state index in [-0.39, 0.29) is 11.9 Å². The van der Waals surface area contributed by atoms with Crippen molar-refractivity contribution in [1.82, 2.24) is 0 Å². The van der Waals surface area contributed by atoms with Crippen molar-refractivity contribution in [3.05, 3.63) is 58.7 Å². The number of hydrogen-bond acceptors (Lipinski definition) is 6. The van der Waals surface area contributed by atoms with Crippen LogP contribution in [0.4, 0.5) is 11.4 Å². The lowest BCUT2D eigenvalue weighted by atomic mass is 9.83. The maximum Gasteiger partial charge on any atom is 0.337 e. The van der Waals surface area contributed by atoms with E-state index in [4.69, 9.17) is 10.5 Å². The van der Waals surface area contributed by atoms with Crippen molar-refractivity contribution < 1.29 is 19.1 Å². The topological polar surface area (TPSA) is 81.9 Å². The Kier molecular flexibility index (Phi) is 10.2. The second kappa shape index (κ2) is 13.3. The molecule has 0 saturated heterocycles. The minimum absolute atomic E-state index is 0.265. The van der Waals surface area contributed by atoms with E-state index in [1.54, 1.807) is 6.07 Å². The third kappa shape index (κ3) is 7.02. The number of esters is 2. The molecular weight excluding hydrogens is 452 g/mol. The molecule has 2 aliphatic rings. The van der Waals surface area contributed by atoms with Gasteiger partial charge in [-0.2, -0.15) is 0 Å². The first-order chi connectivity index (χ1) is 17.3. The molecule has 0 heterocycles. The molecule has 0 radical (unpaired) electrons. The maximum absolute atomic E-state index is 11.6. The third-order valence-electron chi connectivity index (χ3n) is 7.53. The molecule has 196 valence electrons. The molecule has 2 aromatic rings. The molecule has 0 aromatic heterocycles. The van der Waals surface area contributed by atoms with Crippen LogP contribution in [0.15, 0.2) is 36.4 Å². The molecule has 2 N–H and O–H groups in total. The normalized spacial score (nSPS) is 16.4. The van der Waals surface area contributed by atoms with Gasteiger partial charge < -0.3 is 20.1 Å². The van der Waals surface area contributed by atoms with Crippen molar-refractivity contribution >= 4 is 23.3 Å². The number of anilines is 2. The Labute approximate surface area is 216 Å². The molecule has 0 amide bonds. The highest BCUT2D eigenvalue weighted by atomic mass is 16.5. The molecule has 0 unspecified atom stereocenters. The Morgan fingerprint density at radius 2 is 1.17 bits per heavy atom. The van der Waals surface area contributed by atoms with Crippen LogP contribution >= 0.6 is 0 Å². The van der Waals surface area contributed by atoms with Crippen LogP contribution in [0.3, 0.4) is 0 Å². The van der Waals surface area contributed by atoms with Gasteiger partial charge in [-0.3, -0.25) is 0 Å². The maximum atomic E-state index is 11.6. The minimum atomic E-state index is -0.327. The second-order valence-corrected chi connectivity index (χ2v) is 10.2. The van der Waals surface area contributed by atoms with E-state index in [1.165, 1.54) is 89.6 Å². The number of nitrogens with zero attached hydrogens (tertiary/aromatic N) is 1. The van der Waals surface area contributed by atoms with Gasteiger partial charge in [-0.05, 0) is 72.9 Å². The second-order valence-electron chi connectivity index (χ2n) is 10.2. The van der Waals surface area contributed by atoms with Gasteiger partial charge in [0, 0.05) is 25.5 Å². The van der Waals surface area contributed by atoms with E-state index in [2.05, 4.69) is 15.7 Å². The number of nitrogens with two attached hydrogens (primary N) is 1. The summed E-state index contributed by atoms with van der Waals surface area (Å²) in [6, 6.07) is 11.5. The van der Waals surface area contributed by atoms with Gasteiger partial charge in [0.05, 0.1) is 25.3 Å². The SMILES string of the molecule is COC(=O)c1ccc(C2CCCCC2)c(N(C)C)c1.COC(=O)c1ccc(C2CCCCC2)c(N)c1. The predicted octanol–water partition coefficient (Wildman–Crippen LogP) is 6.69. The first kappa shape index (κ1) is 27.6. The quantitative estimate of drug-likeness (QED) is 0.368. The van der Waals surface area contributed by atoms with Crippen LogP contribution in [-0.2, 0) is 9.47 Å². The minimum Gasteiger partial charge on any atom is -0.465 e. The fourth-order valence-electron chi connectivity index (χ4n) is 5.54. The summed E-state index contributed by atoms with van der Waals surface area (Å²) in [5.41, 5.74) is 11.6. The molecule has 2 aliphatic carbocycles. The van der Waals surface area contributed by atoms with Gasteiger partial charge >= 0.3 is 11.9 Å². The molecule has 36 heavy (non-hydrogen) atoms. The van der Waals surface area contributed by atoms with Crippen LogP contribution in [0.5, 0.6) is 0 Å².